The van der Waals surface area contributed by atoms with Gasteiger partial charge in [-0.25, -0.2) is 9.59 Å². The van der Waals surface area contributed by atoms with Gasteiger partial charge in [-0.3, -0.25) is 0 Å². The third kappa shape index (κ3) is 3.96. The highest BCUT2D eigenvalue weighted by Crippen LogP contribution is 2.24. The lowest BCUT2D eigenvalue weighted by atomic mass is 9.95. The molecule has 16 heavy (non-hydrogen) atoms. The van der Waals surface area contributed by atoms with E-state index in [2.05, 4.69) is 9.47 Å². The second-order valence-corrected chi connectivity index (χ2v) is 3.54. The highest BCUT2D eigenvalue weighted by molar-refractivity contribution is 5.60. The Balaban J connectivity index is 2.23. The summed E-state index contributed by atoms with van der Waals surface area (Å²) in [5.74, 6) is 0. The maximum Gasteiger partial charge on any atom is 0.508 e. The van der Waals surface area contributed by atoms with Gasteiger partial charge in [0.15, 0.2) is 0 Å². The zero-order valence-electron chi connectivity index (χ0n) is 9.43. The third-order valence-corrected chi connectivity index (χ3v) is 2.48. The molecule has 1 aliphatic carbocycles. The lowest BCUT2D eigenvalue weighted by Gasteiger charge is -2.27. The number of methoxy groups -OCH3 is 2. The van der Waals surface area contributed by atoms with E-state index in [0.717, 1.165) is 0 Å². The molecule has 1 rings (SSSR count). The minimum atomic E-state index is -0.669. The molecule has 0 aromatic carbocycles. The molecule has 0 N–H and O–H groups in total. The highest BCUT2D eigenvalue weighted by Gasteiger charge is 2.26. The van der Waals surface area contributed by atoms with Crippen molar-refractivity contribution < 1.29 is 28.5 Å². The summed E-state index contributed by atoms with van der Waals surface area (Å²) >= 11 is 0. The van der Waals surface area contributed by atoms with Crippen molar-refractivity contribution in [3.05, 3.63) is 0 Å². The van der Waals surface area contributed by atoms with Gasteiger partial charge in [-0.1, -0.05) is 0 Å². The first-order valence-corrected chi connectivity index (χ1v) is 5.15. The Hall–Kier alpha value is -1.46. The second-order valence-electron chi connectivity index (χ2n) is 3.54. The summed E-state index contributed by atoms with van der Waals surface area (Å²) in [6, 6.07) is 0. The first-order valence-electron chi connectivity index (χ1n) is 5.15. The van der Waals surface area contributed by atoms with E-state index < -0.39 is 12.3 Å². The lowest BCUT2D eigenvalue weighted by molar-refractivity contribution is -0.0181. The molecular formula is C10H16O6. The number of hydrogen-bond donors (Lipinski definition) is 0. The van der Waals surface area contributed by atoms with E-state index in [0.29, 0.717) is 25.7 Å². The van der Waals surface area contributed by atoms with Crippen molar-refractivity contribution in [2.45, 2.75) is 37.9 Å². The number of rotatable bonds is 2. The highest BCUT2D eigenvalue weighted by atomic mass is 16.7. The summed E-state index contributed by atoms with van der Waals surface area (Å²) in [5, 5.41) is 0. The van der Waals surface area contributed by atoms with Crippen LogP contribution in [0.15, 0.2) is 0 Å². The summed E-state index contributed by atoms with van der Waals surface area (Å²) in [4.78, 5) is 21.7. The van der Waals surface area contributed by atoms with Gasteiger partial charge in [0, 0.05) is 0 Å². The van der Waals surface area contributed by atoms with E-state index in [1.807, 2.05) is 0 Å². The molecule has 0 atom stereocenters. The molecule has 1 saturated carbocycles. The molecule has 0 aromatic rings. The molecule has 6 heteroatoms. The largest absolute Gasteiger partial charge is 0.508 e. The molecule has 6 nitrogen and oxygen atoms in total. The monoisotopic (exact) mass is 232 g/mol. The fraction of sp³-hybridized carbons (Fsp3) is 0.800. The summed E-state index contributed by atoms with van der Waals surface area (Å²) < 4.78 is 18.8. The van der Waals surface area contributed by atoms with Crippen LogP contribution in [-0.4, -0.2) is 38.7 Å². The van der Waals surface area contributed by atoms with Crippen LogP contribution < -0.4 is 0 Å². The van der Waals surface area contributed by atoms with Crippen LogP contribution in [0.1, 0.15) is 25.7 Å². The molecule has 0 amide bonds. The summed E-state index contributed by atoms with van der Waals surface area (Å²) in [6.45, 7) is 0. The Morgan fingerprint density at radius 1 is 0.812 bits per heavy atom. The third-order valence-electron chi connectivity index (χ3n) is 2.48. The SMILES string of the molecule is COC(=O)OC1CCC(OC(=O)OC)CC1. The number of ether oxygens (including phenoxy) is 4. The van der Waals surface area contributed by atoms with Crippen LogP contribution in [0.3, 0.4) is 0 Å². The maximum atomic E-state index is 10.8. The van der Waals surface area contributed by atoms with Crippen LogP contribution in [0, 0.1) is 0 Å². The van der Waals surface area contributed by atoms with Crippen molar-refractivity contribution in [2.75, 3.05) is 14.2 Å². The molecule has 0 unspecified atom stereocenters. The Morgan fingerprint density at radius 2 is 1.12 bits per heavy atom. The van der Waals surface area contributed by atoms with Gasteiger partial charge in [0.25, 0.3) is 0 Å². The van der Waals surface area contributed by atoms with Crippen molar-refractivity contribution in [3.8, 4) is 0 Å². The van der Waals surface area contributed by atoms with Crippen LogP contribution in [0.2, 0.25) is 0 Å². The van der Waals surface area contributed by atoms with Gasteiger partial charge in [0.2, 0.25) is 0 Å². The van der Waals surface area contributed by atoms with Crippen molar-refractivity contribution in [2.24, 2.45) is 0 Å². The van der Waals surface area contributed by atoms with E-state index in [9.17, 15) is 9.59 Å². The van der Waals surface area contributed by atoms with Crippen LogP contribution in [0.5, 0.6) is 0 Å². The molecule has 1 aliphatic rings. The molecule has 0 aliphatic heterocycles. The molecule has 0 aromatic heterocycles. The molecule has 0 radical (unpaired) electrons. The summed E-state index contributed by atoms with van der Waals surface area (Å²) in [5.41, 5.74) is 0. The van der Waals surface area contributed by atoms with Crippen molar-refractivity contribution >= 4 is 12.3 Å². The molecular weight excluding hydrogens is 216 g/mol. The van der Waals surface area contributed by atoms with Gasteiger partial charge < -0.3 is 18.9 Å². The lowest BCUT2D eigenvalue weighted by Crippen LogP contribution is -2.29. The van der Waals surface area contributed by atoms with Gasteiger partial charge >= 0.3 is 12.3 Å². The van der Waals surface area contributed by atoms with Crippen molar-refractivity contribution in [1.82, 2.24) is 0 Å². The Bertz CT molecular complexity index is 218. The van der Waals surface area contributed by atoms with Gasteiger partial charge in [-0.15, -0.1) is 0 Å². The van der Waals surface area contributed by atoms with Gasteiger partial charge in [-0.2, -0.15) is 0 Å². The number of carbonyl (C=O) groups excluding carboxylic acids is 2. The minimum Gasteiger partial charge on any atom is -0.438 e. The first-order chi connectivity index (χ1) is 7.65. The molecule has 92 valence electrons. The Morgan fingerprint density at radius 3 is 1.38 bits per heavy atom. The van der Waals surface area contributed by atoms with E-state index in [1.165, 1.54) is 14.2 Å². The molecule has 1 fully saturated rings. The average Bonchev–Trinajstić information content (AvgIpc) is 2.31. The van der Waals surface area contributed by atoms with Crippen LogP contribution >= 0.6 is 0 Å². The van der Waals surface area contributed by atoms with E-state index in [1.54, 1.807) is 0 Å². The minimum absolute atomic E-state index is 0.148. The Labute approximate surface area is 93.8 Å². The first kappa shape index (κ1) is 12.6. The molecule has 0 spiro atoms. The van der Waals surface area contributed by atoms with E-state index >= 15 is 0 Å². The summed E-state index contributed by atoms with van der Waals surface area (Å²) in [7, 11) is 2.54. The normalized spacial score (nSPS) is 24.4. The van der Waals surface area contributed by atoms with Crippen LogP contribution in [0.25, 0.3) is 0 Å². The van der Waals surface area contributed by atoms with Gasteiger partial charge in [0.05, 0.1) is 14.2 Å². The second kappa shape index (κ2) is 6.19. The smallest absolute Gasteiger partial charge is 0.438 e. The van der Waals surface area contributed by atoms with Crippen LogP contribution in [0.4, 0.5) is 9.59 Å². The van der Waals surface area contributed by atoms with E-state index in [-0.39, 0.29) is 12.2 Å². The van der Waals surface area contributed by atoms with Crippen LogP contribution in [-0.2, 0) is 18.9 Å². The van der Waals surface area contributed by atoms with E-state index in [4.69, 9.17) is 9.47 Å². The van der Waals surface area contributed by atoms with Gasteiger partial charge in [-0.05, 0) is 25.7 Å². The number of hydrogen-bond acceptors (Lipinski definition) is 6. The fourth-order valence-corrected chi connectivity index (χ4v) is 1.64. The molecule has 0 bridgehead atoms. The van der Waals surface area contributed by atoms with Gasteiger partial charge in [0.1, 0.15) is 12.2 Å². The molecule has 0 saturated heterocycles. The number of carbonyl (C=O) groups is 2. The Kier molecular flexibility index (Phi) is 4.88. The molecule has 0 heterocycles. The predicted molar refractivity (Wildman–Crippen MR) is 53.0 cm³/mol. The fourth-order valence-electron chi connectivity index (χ4n) is 1.64. The average molecular weight is 232 g/mol. The zero-order chi connectivity index (χ0) is 12.0. The predicted octanol–water partition coefficient (Wildman–Crippen LogP) is 1.86. The van der Waals surface area contributed by atoms with Crippen molar-refractivity contribution in [3.63, 3.8) is 0 Å². The van der Waals surface area contributed by atoms with Crippen molar-refractivity contribution in [1.29, 1.82) is 0 Å². The standard InChI is InChI=1S/C10H16O6/c1-13-9(11)15-7-3-5-8(6-4-7)16-10(12)14-2/h7-8H,3-6H2,1-2H3. The zero-order valence-corrected chi connectivity index (χ0v) is 9.43. The topological polar surface area (TPSA) is 71.1 Å². The maximum absolute atomic E-state index is 10.8. The quantitative estimate of drug-likeness (QED) is 0.677. The summed E-state index contributed by atoms with van der Waals surface area (Å²) in [6.07, 6.45) is 1.02.